The number of amides is 1. The third-order valence-electron chi connectivity index (χ3n) is 4.47. The second-order valence-electron chi connectivity index (χ2n) is 6.28. The fourth-order valence-electron chi connectivity index (χ4n) is 3.16. The smallest absolute Gasteiger partial charge is 0.222 e. The summed E-state index contributed by atoms with van der Waals surface area (Å²) in [5.74, 6) is 1.71. The standard InChI is InChI=1S/C17H24N4OS/c1-13-12-23-17(19-13)15-5-3-9-21(11-15)16(22)6-4-8-20-10-7-18-14(20)2/h7,10,12,15H,3-6,8-9,11H2,1-2H3/t15-/m1/s1. The number of likely N-dealkylation sites (tertiary alicyclic amines) is 1. The van der Waals surface area contributed by atoms with E-state index < -0.39 is 0 Å². The molecule has 23 heavy (non-hydrogen) atoms. The monoisotopic (exact) mass is 332 g/mol. The van der Waals surface area contributed by atoms with Gasteiger partial charge in [0, 0.05) is 55.4 Å². The summed E-state index contributed by atoms with van der Waals surface area (Å²) in [6.07, 6.45) is 7.49. The molecule has 1 aliphatic heterocycles. The number of nitrogens with zero attached hydrogens (tertiary/aromatic N) is 4. The van der Waals surface area contributed by atoms with Gasteiger partial charge in [-0.15, -0.1) is 11.3 Å². The van der Waals surface area contributed by atoms with Crippen LogP contribution in [0.15, 0.2) is 17.8 Å². The fraction of sp³-hybridized carbons (Fsp3) is 0.588. The quantitative estimate of drug-likeness (QED) is 0.845. The van der Waals surface area contributed by atoms with Crippen LogP contribution in [0.5, 0.6) is 0 Å². The van der Waals surface area contributed by atoms with Crippen molar-refractivity contribution in [3.8, 4) is 0 Å². The van der Waals surface area contributed by atoms with Crippen molar-refractivity contribution >= 4 is 17.2 Å². The molecule has 1 saturated heterocycles. The van der Waals surface area contributed by atoms with E-state index in [9.17, 15) is 4.79 Å². The fourth-order valence-corrected chi connectivity index (χ4v) is 4.09. The van der Waals surface area contributed by atoms with Crippen LogP contribution in [0.3, 0.4) is 0 Å². The van der Waals surface area contributed by atoms with Crippen molar-refractivity contribution in [3.63, 3.8) is 0 Å². The summed E-state index contributed by atoms with van der Waals surface area (Å²) in [6, 6.07) is 0. The molecule has 6 heteroatoms. The van der Waals surface area contributed by atoms with Gasteiger partial charge in [-0.05, 0) is 33.1 Å². The van der Waals surface area contributed by atoms with Crippen molar-refractivity contribution in [2.45, 2.75) is 52.0 Å². The van der Waals surface area contributed by atoms with Crippen LogP contribution in [0.1, 0.15) is 48.1 Å². The van der Waals surface area contributed by atoms with Crippen molar-refractivity contribution in [2.75, 3.05) is 13.1 Å². The number of imidazole rings is 1. The molecule has 1 fully saturated rings. The first-order valence-corrected chi connectivity index (χ1v) is 9.19. The summed E-state index contributed by atoms with van der Waals surface area (Å²) in [5, 5.41) is 3.29. The van der Waals surface area contributed by atoms with Crippen LogP contribution >= 0.6 is 11.3 Å². The lowest BCUT2D eigenvalue weighted by atomic mass is 9.98. The Morgan fingerprint density at radius 1 is 1.43 bits per heavy atom. The molecule has 0 aromatic carbocycles. The highest BCUT2D eigenvalue weighted by molar-refractivity contribution is 7.09. The predicted octanol–water partition coefficient (Wildman–Crippen LogP) is 3.14. The molecule has 124 valence electrons. The first kappa shape index (κ1) is 16.2. The van der Waals surface area contributed by atoms with Gasteiger partial charge < -0.3 is 9.47 Å². The minimum atomic E-state index is 0.278. The molecule has 0 N–H and O–H groups in total. The first-order chi connectivity index (χ1) is 11.1. The van der Waals surface area contributed by atoms with Crippen LogP contribution < -0.4 is 0 Å². The van der Waals surface area contributed by atoms with E-state index in [2.05, 4.69) is 19.9 Å². The van der Waals surface area contributed by atoms with E-state index in [1.165, 1.54) is 5.01 Å². The third kappa shape index (κ3) is 3.99. The summed E-state index contributed by atoms with van der Waals surface area (Å²) in [5.41, 5.74) is 1.09. The van der Waals surface area contributed by atoms with Crippen LogP contribution in [0.2, 0.25) is 0 Å². The Morgan fingerprint density at radius 3 is 3.00 bits per heavy atom. The number of hydrogen-bond donors (Lipinski definition) is 0. The number of piperidine rings is 1. The van der Waals surface area contributed by atoms with Crippen LogP contribution in [-0.2, 0) is 11.3 Å². The second-order valence-corrected chi connectivity index (χ2v) is 7.17. The maximum absolute atomic E-state index is 12.5. The Balaban J connectivity index is 1.50. The molecule has 0 aliphatic carbocycles. The zero-order valence-corrected chi connectivity index (χ0v) is 14.7. The number of carbonyl (C=O) groups is 1. The number of aryl methyl sites for hydroxylation is 3. The van der Waals surface area contributed by atoms with Gasteiger partial charge in [0.2, 0.25) is 5.91 Å². The molecule has 1 aliphatic rings. The molecule has 3 heterocycles. The lowest BCUT2D eigenvalue weighted by Crippen LogP contribution is -2.39. The largest absolute Gasteiger partial charge is 0.342 e. The highest BCUT2D eigenvalue weighted by Gasteiger charge is 2.26. The van der Waals surface area contributed by atoms with Crippen molar-refractivity contribution < 1.29 is 4.79 Å². The molecule has 2 aromatic rings. The van der Waals surface area contributed by atoms with Crippen LogP contribution in [-0.4, -0.2) is 38.4 Å². The maximum Gasteiger partial charge on any atom is 0.222 e. The van der Waals surface area contributed by atoms with Gasteiger partial charge in [0.25, 0.3) is 0 Å². The van der Waals surface area contributed by atoms with Crippen molar-refractivity contribution in [1.29, 1.82) is 0 Å². The van der Waals surface area contributed by atoms with Gasteiger partial charge in [-0.3, -0.25) is 4.79 Å². The highest BCUT2D eigenvalue weighted by Crippen LogP contribution is 2.29. The maximum atomic E-state index is 12.5. The predicted molar refractivity (Wildman–Crippen MR) is 91.6 cm³/mol. The number of hydrogen-bond acceptors (Lipinski definition) is 4. The zero-order valence-electron chi connectivity index (χ0n) is 13.9. The van der Waals surface area contributed by atoms with Crippen LogP contribution in [0, 0.1) is 13.8 Å². The number of aromatic nitrogens is 3. The average molecular weight is 332 g/mol. The highest BCUT2D eigenvalue weighted by atomic mass is 32.1. The van der Waals surface area contributed by atoms with Crippen molar-refractivity contribution in [2.24, 2.45) is 0 Å². The van der Waals surface area contributed by atoms with E-state index in [0.717, 1.165) is 50.4 Å². The van der Waals surface area contributed by atoms with Gasteiger partial charge in [0.05, 0.1) is 5.01 Å². The van der Waals surface area contributed by atoms with Gasteiger partial charge in [-0.25, -0.2) is 9.97 Å². The van der Waals surface area contributed by atoms with Gasteiger partial charge in [0.15, 0.2) is 0 Å². The van der Waals surface area contributed by atoms with Gasteiger partial charge in [-0.2, -0.15) is 0 Å². The number of carbonyl (C=O) groups excluding carboxylic acids is 1. The molecule has 0 saturated carbocycles. The van der Waals surface area contributed by atoms with E-state index in [1.807, 2.05) is 31.1 Å². The van der Waals surface area contributed by atoms with E-state index in [1.54, 1.807) is 11.3 Å². The molecule has 1 amide bonds. The second kappa shape index (κ2) is 7.25. The van der Waals surface area contributed by atoms with Crippen molar-refractivity contribution in [1.82, 2.24) is 19.4 Å². The van der Waals surface area contributed by atoms with E-state index in [-0.39, 0.29) is 5.91 Å². The third-order valence-corrected chi connectivity index (χ3v) is 5.60. The molecule has 1 atom stereocenters. The lowest BCUT2D eigenvalue weighted by molar-refractivity contribution is -0.132. The molecule has 0 unspecified atom stereocenters. The Morgan fingerprint density at radius 2 is 2.30 bits per heavy atom. The molecule has 2 aromatic heterocycles. The summed E-state index contributed by atoms with van der Waals surface area (Å²) in [7, 11) is 0. The van der Waals surface area contributed by atoms with E-state index >= 15 is 0 Å². The Bertz CT molecular complexity index is 663. The summed E-state index contributed by atoms with van der Waals surface area (Å²) >= 11 is 1.73. The van der Waals surface area contributed by atoms with E-state index in [0.29, 0.717) is 12.3 Å². The molecule has 0 radical (unpaired) electrons. The number of rotatable bonds is 5. The topological polar surface area (TPSA) is 51.0 Å². The minimum Gasteiger partial charge on any atom is -0.342 e. The average Bonchev–Trinajstić information content (AvgIpc) is 3.16. The molecular weight excluding hydrogens is 308 g/mol. The summed E-state index contributed by atoms with van der Waals surface area (Å²) < 4.78 is 2.10. The molecule has 3 rings (SSSR count). The number of thiazole rings is 1. The van der Waals surface area contributed by atoms with E-state index in [4.69, 9.17) is 0 Å². The van der Waals surface area contributed by atoms with Gasteiger partial charge in [0.1, 0.15) is 5.82 Å². The lowest BCUT2D eigenvalue weighted by Gasteiger charge is -2.32. The summed E-state index contributed by atoms with van der Waals surface area (Å²) in [6.45, 7) is 6.61. The summed E-state index contributed by atoms with van der Waals surface area (Å²) in [4.78, 5) is 23.3. The molecular formula is C17H24N4OS. The molecule has 0 spiro atoms. The van der Waals surface area contributed by atoms with Crippen LogP contribution in [0.25, 0.3) is 0 Å². The minimum absolute atomic E-state index is 0.278. The SMILES string of the molecule is Cc1csc([C@@H]2CCCN(C(=O)CCCn3ccnc3C)C2)n1. The Labute approximate surface area is 141 Å². The van der Waals surface area contributed by atoms with Gasteiger partial charge in [-0.1, -0.05) is 0 Å². The Kier molecular flexibility index (Phi) is 5.10. The first-order valence-electron chi connectivity index (χ1n) is 8.31. The normalized spacial score (nSPS) is 18.3. The zero-order chi connectivity index (χ0) is 16.2. The molecule has 0 bridgehead atoms. The van der Waals surface area contributed by atoms with Crippen molar-refractivity contribution in [3.05, 3.63) is 34.3 Å². The van der Waals surface area contributed by atoms with Gasteiger partial charge >= 0.3 is 0 Å². The Hall–Kier alpha value is -1.69. The van der Waals surface area contributed by atoms with Crippen LogP contribution in [0.4, 0.5) is 0 Å². The molecule has 5 nitrogen and oxygen atoms in total.